The number of carbonyl (C=O) groups excluding carboxylic acids is 1. The van der Waals surface area contributed by atoms with Crippen LogP contribution in [0.3, 0.4) is 0 Å². The van der Waals surface area contributed by atoms with Crippen LogP contribution in [0.4, 0.5) is 11.6 Å². The molecule has 0 bridgehead atoms. The zero-order valence-corrected chi connectivity index (χ0v) is 14.9. The molecule has 0 atom stereocenters. The molecule has 1 saturated carbocycles. The number of nitrogens with zero attached hydrogens (tertiary/aromatic N) is 6. The topological polar surface area (TPSA) is 87.1 Å². The summed E-state index contributed by atoms with van der Waals surface area (Å²) in [6, 6.07) is 2.39. The van der Waals surface area contributed by atoms with Crippen LogP contribution < -0.4 is 15.1 Å². The van der Waals surface area contributed by atoms with E-state index in [1.165, 1.54) is 0 Å². The molecule has 0 spiro atoms. The number of anilines is 2. The van der Waals surface area contributed by atoms with Gasteiger partial charge in [-0.1, -0.05) is 0 Å². The van der Waals surface area contributed by atoms with Crippen LogP contribution in [0.15, 0.2) is 31.0 Å². The second-order valence-corrected chi connectivity index (χ2v) is 6.90. The van der Waals surface area contributed by atoms with Crippen molar-refractivity contribution in [3.05, 3.63) is 36.7 Å². The molecule has 2 aromatic heterocycles. The molecule has 4 rings (SSSR count). The first-order valence-corrected chi connectivity index (χ1v) is 9.04. The summed E-state index contributed by atoms with van der Waals surface area (Å²) in [4.78, 5) is 33.1. The van der Waals surface area contributed by atoms with E-state index in [0.29, 0.717) is 5.92 Å². The Morgan fingerprint density at radius 3 is 2.42 bits per heavy atom. The number of amides is 1. The third-order valence-electron chi connectivity index (χ3n) is 5.11. The predicted molar refractivity (Wildman–Crippen MR) is 98.1 cm³/mol. The normalized spacial score (nSPS) is 22.7. The molecule has 2 fully saturated rings. The fourth-order valence-corrected chi connectivity index (χ4v) is 3.64. The monoisotopic (exact) mass is 353 g/mol. The largest absolute Gasteiger partial charge is 0.354 e. The van der Waals surface area contributed by atoms with Gasteiger partial charge in [0.25, 0.3) is 0 Å². The van der Waals surface area contributed by atoms with Gasteiger partial charge in [0.15, 0.2) is 0 Å². The average Bonchev–Trinajstić information content (AvgIpc) is 2.65. The maximum absolute atomic E-state index is 11.1. The lowest BCUT2D eigenvalue weighted by molar-refractivity contribution is -0.120. The van der Waals surface area contributed by atoms with Crippen molar-refractivity contribution in [3.8, 4) is 0 Å². The number of carbonyl (C=O) groups is 1. The van der Waals surface area contributed by atoms with Crippen LogP contribution in [0.5, 0.6) is 0 Å². The van der Waals surface area contributed by atoms with Gasteiger partial charge < -0.3 is 15.1 Å². The zero-order valence-electron chi connectivity index (χ0n) is 14.9. The molecule has 8 heteroatoms. The van der Waals surface area contributed by atoms with E-state index in [0.717, 1.165) is 56.4 Å². The Kier molecular flexibility index (Phi) is 4.64. The molecule has 1 amide bonds. The van der Waals surface area contributed by atoms with E-state index < -0.39 is 0 Å². The first-order chi connectivity index (χ1) is 12.7. The van der Waals surface area contributed by atoms with Crippen molar-refractivity contribution in [2.45, 2.75) is 31.7 Å². The summed E-state index contributed by atoms with van der Waals surface area (Å²) >= 11 is 0. The minimum Gasteiger partial charge on any atom is -0.354 e. The summed E-state index contributed by atoms with van der Waals surface area (Å²) in [7, 11) is 0. The van der Waals surface area contributed by atoms with Gasteiger partial charge in [-0.15, -0.1) is 0 Å². The van der Waals surface area contributed by atoms with Crippen molar-refractivity contribution in [3.63, 3.8) is 0 Å². The van der Waals surface area contributed by atoms with Crippen LogP contribution >= 0.6 is 0 Å². The van der Waals surface area contributed by atoms with E-state index in [1.807, 2.05) is 0 Å². The highest BCUT2D eigenvalue weighted by atomic mass is 16.1. The van der Waals surface area contributed by atoms with E-state index in [9.17, 15) is 4.79 Å². The molecule has 2 aromatic rings. The van der Waals surface area contributed by atoms with Crippen LogP contribution in [-0.4, -0.2) is 58.1 Å². The third-order valence-corrected chi connectivity index (χ3v) is 5.11. The van der Waals surface area contributed by atoms with Gasteiger partial charge in [-0.25, -0.2) is 15.0 Å². The lowest BCUT2D eigenvalue weighted by Crippen LogP contribution is -2.47. The molecule has 3 heterocycles. The first kappa shape index (κ1) is 16.7. The van der Waals surface area contributed by atoms with Crippen molar-refractivity contribution in [2.75, 3.05) is 36.0 Å². The van der Waals surface area contributed by atoms with Gasteiger partial charge in [-0.3, -0.25) is 9.78 Å². The summed E-state index contributed by atoms with van der Waals surface area (Å²) in [5.41, 5.74) is 1.08. The van der Waals surface area contributed by atoms with Gasteiger partial charge in [0.2, 0.25) is 5.91 Å². The van der Waals surface area contributed by atoms with Gasteiger partial charge in [0.05, 0.1) is 6.20 Å². The lowest BCUT2D eigenvalue weighted by Gasteiger charge is -2.37. The SMILES string of the molecule is CC(=O)NC1CC(c2cc(N3CCN(c4cnccn4)CC3)ncn2)C1. The van der Waals surface area contributed by atoms with Crippen molar-refractivity contribution >= 4 is 17.5 Å². The quantitative estimate of drug-likeness (QED) is 0.876. The molecule has 1 aliphatic carbocycles. The fourth-order valence-electron chi connectivity index (χ4n) is 3.64. The lowest BCUT2D eigenvalue weighted by atomic mass is 9.78. The second kappa shape index (κ2) is 7.23. The molecule has 1 N–H and O–H groups in total. The van der Waals surface area contributed by atoms with Crippen LogP contribution in [0.2, 0.25) is 0 Å². The number of rotatable bonds is 4. The first-order valence-electron chi connectivity index (χ1n) is 9.04. The highest BCUT2D eigenvalue weighted by molar-refractivity contribution is 5.73. The Bertz CT molecular complexity index is 755. The smallest absolute Gasteiger partial charge is 0.217 e. The fraction of sp³-hybridized carbons (Fsp3) is 0.500. The van der Waals surface area contributed by atoms with Gasteiger partial charge >= 0.3 is 0 Å². The Morgan fingerprint density at radius 1 is 1.04 bits per heavy atom. The summed E-state index contributed by atoms with van der Waals surface area (Å²) in [6.07, 6.45) is 8.79. The Labute approximate surface area is 152 Å². The van der Waals surface area contributed by atoms with Crippen LogP contribution in [0.1, 0.15) is 31.4 Å². The van der Waals surface area contributed by atoms with E-state index in [1.54, 1.807) is 31.8 Å². The zero-order chi connectivity index (χ0) is 17.9. The summed E-state index contributed by atoms with van der Waals surface area (Å²) in [6.45, 7) is 5.15. The Morgan fingerprint density at radius 2 is 1.77 bits per heavy atom. The van der Waals surface area contributed by atoms with Crippen LogP contribution in [-0.2, 0) is 4.79 Å². The molecule has 0 aromatic carbocycles. The number of nitrogens with one attached hydrogen (secondary N) is 1. The van der Waals surface area contributed by atoms with Crippen LogP contribution in [0.25, 0.3) is 0 Å². The Hall–Kier alpha value is -2.77. The molecule has 8 nitrogen and oxygen atoms in total. The molecule has 2 aliphatic rings. The highest BCUT2D eigenvalue weighted by Gasteiger charge is 2.32. The molecule has 0 unspecified atom stereocenters. The maximum atomic E-state index is 11.1. The number of aromatic nitrogens is 4. The van der Waals surface area contributed by atoms with Crippen molar-refractivity contribution in [1.82, 2.24) is 25.3 Å². The number of hydrogen-bond donors (Lipinski definition) is 1. The van der Waals surface area contributed by atoms with E-state index in [-0.39, 0.29) is 11.9 Å². The minimum absolute atomic E-state index is 0.0396. The Balaban J connectivity index is 1.35. The van der Waals surface area contributed by atoms with Crippen molar-refractivity contribution in [2.24, 2.45) is 0 Å². The molecule has 1 aliphatic heterocycles. The molecule has 136 valence electrons. The van der Waals surface area contributed by atoms with E-state index in [4.69, 9.17) is 0 Å². The summed E-state index contributed by atoms with van der Waals surface area (Å²) in [5, 5.41) is 2.97. The standard InChI is InChI=1S/C18H23N7O/c1-13(26)23-15-8-14(9-15)16-10-17(22-12-21-16)24-4-6-25(7-5-24)18-11-19-2-3-20-18/h2-3,10-12,14-15H,4-9H2,1H3,(H,23,26). The second-order valence-electron chi connectivity index (χ2n) is 6.90. The maximum Gasteiger partial charge on any atom is 0.217 e. The average molecular weight is 353 g/mol. The molecular formula is C18H23N7O. The van der Waals surface area contributed by atoms with Crippen molar-refractivity contribution in [1.29, 1.82) is 0 Å². The van der Waals surface area contributed by atoms with Crippen LogP contribution in [0, 0.1) is 0 Å². The summed E-state index contributed by atoms with van der Waals surface area (Å²) in [5.74, 6) is 2.36. The third kappa shape index (κ3) is 3.58. The number of piperazine rings is 1. The number of hydrogen-bond acceptors (Lipinski definition) is 7. The summed E-state index contributed by atoms with van der Waals surface area (Å²) < 4.78 is 0. The molecule has 1 saturated heterocycles. The minimum atomic E-state index is 0.0396. The van der Waals surface area contributed by atoms with Gasteiger partial charge in [0.1, 0.15) is 18.0 Å². The molecular weight excluding hydrogens is 330 g/mol. The highest BCUT2D eigenvalue weighted by Crippen LogP contribution is 2.36. The van der Waals surface area contributed by atoms with Gasteiger partial charge in [-0.05, 0) is 12.8 Å². The van der Waals surface area contributed by atoms with E-state index in [2.05, 4.69) is 41.1 Å². The van der Waals surface area contributed by atoms with Gasteiger partial charge in [0, 0.05) is 69.2 Å². The predicted octanol–water partition coefficient (Wildman–Crippen LogP) is 0.975. The molecule has 26 heavy (non-hydrogen) atoms. The van der Waals surface area contributed by atoms with Crippen molar-refractivity contribution < 1.29 is 4.79 Å². The van der Waals surface area contributed by atoms with E-state index >= 15 is 0 Å². The molecule has 0 radical (unpaired) electrons. The van der Waals surface area contributed by atoms with Gasteiger partial charge in [-0.2, -0.15) is 0 Å².